The minimum absolute atomic E-state index is 0.195. The molecule has 0 heterocycles. The topological polar surface area (TPSA) is 3.24 Å². The average Bonchev–Trinajstić information content (AvgIpc) is 3.73. The molecule has 11 rings (SSSR count). The summed E-state index contributed by atoms with van der Waals surface area (Å²) in [6, 6.07) is 83.0. The van der Waals surface area contributed by atoms with E-state index in [0.29, 0.717) is 0 Å². The molecule has 1 nitrogen and oxygen atoms in total. The van der Waals surface area contributed by atoms with Crippen LogP contribution in [0.15, 0.2) is 224 Å². The number of hydrogen-bond acceptors (Lipinski definition) is 1. The van der Waals surface area contributed by atoms with Gasteiger partial charge in [-0.1, -0.05) is 196 Å². The highest BCUT2D eigenvalue weighted by atomic mass is 15.1. The van der Waals surface area contributed by atoms with Gasteiger partial charge in [-0.25, -0.2) is 0 Å². The maximum absolute atomic E-state index is 2.47. The first-order valence-corrected chi connectivity index (χ1v) is 20.7. The van der Waals surface area contributed by atoms with Gasteiger partial charge in [-0.15, -0.1) is 0 Å². The number of benzene rings is 9. The van der Waals surface area contributed by atoms with Crippen LogP contribution in [-0.4, -0.2) is 0 Å². The summed E-state index contributed by atoms with van der Waals surface area (Å²) in [6.45, 7) is 4.77. The SMILES string of the molecule is CC1(C)c2cc(-c3ccccc3)ccc2-c2ccc(N(c3cccc(-c4ccccc4)c3)c3cccc(C4(c5ccccc5)c5ccccc5-c5ccccc54)c3)cc21. The summed E-state index contributed by atoms with van der Waals surface area (Å²) in [4.78, 5) is 2.47. The van der Waals surface area contributed by atoms with Crippen molar-refractivity contribution in [1.82, 2.24) is 0 Å². The number of rotatable bonds is 7. The quantitative estimate of drug-likeness (QED) is 0.157. The predicted molar refractivity (Wildman–Crippen MR) is 247 cm³/mol. The number of anilines is 3. The van der Waals surface area contributed by atoms with Gasteiger partial charge < -0.3 is 4.90 Å². The lowest BCUT2D eigenvalue weighted by Gasteiger charge is -2.35. The van der Waals surface area contributed by atoms with E-state index in [-0.39, 0.29) is 5.41 Å². The van der Waals surface area contributed by atoms with Gasteiger partial charge in [0, 0.05) is 22.5 Å². The van der Waals surface area contributed by atoms with Crippen LogP contribution in [0.3, 0.4) is 0 Å². The summed E-state index contributed by atoms with van der Waals surface area (Å²) >= 11 is 0. The molecular weight excluding hydrogens is 711 g/mol. The highest BCUT2D eigenvalue weighted by molar-refractivity contribution is 5.90. The number of hydrogen-bond donors (Lipinski definition) is 0. The molecule has 0 atom stereocenters. The molecule has 0 unspecified atom stereocenters. The second kappa shape index (κ2) is 13.7. The molecule has 59 heavy (non-hydrogen) atoms. The molecule has 0 fully saturated rings. The summed E-state index contributed by atoms with van der Waals surface area (Å²) in [5.41, 5.74) is 20.6. The van der Waals surface area contributed by atoms with Gasteiger partial charge in [0.2, 0.25) is 0 Å². The highest BCUT2D eigenvalue weighted by Gasteiger charge is 2.46. The van der Waals surface area contributed by atoms with Gasteiger partial charge in [0.15, 0.2) is 0 Å². The standard InChI is InChI=1S/C58H43N/c1-57(2)55-37-43(41-20-8-4-9-21-41)32-34-51(55)52-35-33-48(39-56(52)57)59(46-26-16-22-42(36-46)40-18-6-3-7-19-40)47-27-17-25-45(38-47)58(44-23-10-5-11-24-44)53-30-14-12-28-49(53)50-29-13-15-31-54(50)58/h3-39H,1-2H3. The summed E-state index contributed by atoms with van der Waals surface area (Å²) < 4.78 is 0. The molecule has 0 saturated carbocycles. The Hall–Kier alpha value is -7.22. The molecule has 9 aromatic carbocycles. The van der Waals surface area contributed by atoms with Gasteiger partial charge in [-0.05, 0) is 120 Å². The van der Waals surface area contributed by atoms with Crippen LogP contribution >= 0.6 is 0 Å². The zero-order valence-corrected chi connectivity index (χ0v) is 33.3. The van der Waals surface area contributed by atoms with Crippen molar-refractivity contribution in [2.24, 2.45) is 0 Å². The summed E-state index contributed by atoms with van der Waals surface area (Å²) in [7, 11) is 0. The first-order chi connectivity index (χ1) is 29.0. The average molecular weight is 754 g/mol. The van der Waals surface area contributed by atoms with Crippen LogP contribution in [0, 0.1) is 0 Å². The molecule has 2 aliphatic carbocycles. The van der Waals surface area contributed by atoms with E-state index in [2.05, 4.69) is 243 Å². The van der Waals surface area contributed by atoms with Crippen LogP contribution in [0.25, 0.3) is 44.5 Å². The summed E-state index contributed by atoms with van der Waals surface area (Å²) in [6.07, 6.45) is 0. The van der Waals surface area contributed by atoms with Crippen molar-refractivity contribution >= 4 is 17.1 Å². The van der Waals surface area contributed by atoms with Crippen LogP contribution in [-0.2, 0) is 10.8 Å². The lowest BCUT2D eigenvalue weighted by molar-refractivity contribution is 0.660. The Morgan fingerprint density at radius 3 is 1.37 bits per heavy atom. The smallest absolute Gasteiger partial charge is 0.0714 e. The van der Waals surface area contributed by atoms with Gasteiger partial charge >= 0.3 is 0 Å². The molecule has 2 aliphatic rings. The maximum atomic E-state index is 2.47. The Balaban J connectivity index is 1.12. The Morgan fingerprint density at radius 2 is 0.729 bits per heavy atom. The predicted octanol–water partition coefficient (Wildman–Crippen LogP) is 15.2. The monoisotopic (exact) mass is 753 g/mol. The first-order valence-electron chi connectivity index (χ1n) is 20.7. The van der Waals surface area contributed by atoms with Crippen LogP contribution < -0.4 is 4.90 Å². The van der Waals surface area contributed by atoms with E-state index >= 15 is 0 Å². The largest absolute Gasteiger partial charge is 0.310 e. The fourth-order valence-corrected chi connectivity index (χ4v) is 10.2. The van der Waals surface area contributed by atoms with E-state index in [4.69, 9.17) is 0 Å². The molecule has 0 bridgehead atoms. The maximum Gasteiger partial charge on any atom is 0.0714 e. The molecule has 0 spiro atoms. The lowest BCUT2D eigenvalue weighted by Crippen LogP contribution is -2.28. The van der Waals surface area contributed by atoms with Crippen molar-refractivity contribution in [1.29, 1.82) is 0 Å². The molecule has 0 aromatic heterocycles. The Morgan fingerprint density at radius 1 is 0.288 bits per heavy atom. The van der Waals surface area contributed by atoms with Crippen molar-refractivity contribution in [3.8, 4) is 44.5 Å². The normalized spacial score (nSPS) is 13.9. The van der Waals surface area contributed by atoms with E-state index in [1.165, 1.54) is 77.9 Å². The van der Waals surface area contributed by atoms with Gasteiger partial charge in [0.25, 0.3) is 0 Å². The van der Waals surface area contributed by atoms with Gasteiger partial charge in [-0.2, -0.15) is 0 Å². The first kappa shape index (κ1) is 35.0. The van der Waals surface area contributed by atoms with Crippen molar-refractivity contribution in [2.45, 2.75) is 24.7 Å². The van der Waals surface area contributed by atoms with Gasteiger partial charge in [-0.3, -0.25) is 0 Å². The second-order valence-corrected chi connectivity index (χ2v) is 16.5. The van der Waals surface area contributed by atoms with Crippen LogP contribution in [0.1, 0.15) is 47.2 Å². The minimum atomic E-state index is -0.500. The minimum Gasteiger partial charge on any atom is -0.310 e. The third kappa shape index (κ3) is 5.46. The van der Waals surface area contributed by atoms with Crippen molar-refractivity contribution < 1.29 is 0 Å². The third-order valence-corrected chi connectivity index (χ3v) is 12.9. The van der Waals surface area contributed by atoms with E-state index < -0.39 is 5.41 Å². The Labute approximate surface area is 347 Å². The molecule has 0 N–H and O–H groups in total. The molecule has 0 saturated heterocycles. The van der Waals surface area contributed by atoms with Crippen molar-refractivity contribution in [3.05, 3.63) is 258 Å². The lowest BCUT2D eigenvalue weighted by atomic mass is 9.67. The summed E-state index contributed by atoms with van der Waals surface area (Å²) in [5.74, 6) is 0. The number of nitrogens with zero attached hydrogens (tertiary/aromatic N) is 1. The van der Waals surface area contributed by atoms with Gasteiger partial charge in [0.05, 0.1) is 5.41 Å². The van der Waals surface area contributed by atoms with E-state index in [1.807, 2.05) is 0 Å². The zero-order chi connectivity index (χ0) is 39.6. The Bertz CT molecular complexity index is 2970. The molecule has 0 radical (unpaired) electrons. The van der Waals surface area contributed by atoms with E-state index in [1.54, 1.807) is 0 Å². The zero-order valence-electron chi connectivity index (χ0n) is 33.3. The molecular formula is C58H43N. The third-order valence-electron chi connectivity index (χ3n) is 12.9. The van der Waals surface area contributed by atoms with Crippen molar-refractivity contribution in [2.75, 3.05) is 4.90 Å². The Kier molecular flexibility index (Phi) is 8.13. The second-order valence-electron chi connectivity index (χ2n) is 16.5. The van der Waals surface area contributed by atoms with Gasteiger partial charge in [0.1, 0.15) is 0 Å². The van der Waals surface area contributed by atoms with Crippen LogP contribution in [0.2, 0.25) is 0 Å². The van der Waals surface area contributed by atoms with E-state index in [0.717, 1.165) is 17.1 Å². The van der Waals surface area contributed by atoms with E-state index in [9.17, 15) is 0 Å². The summed E-state index contributed by atoms with van der Waals surface area (Å²) in [5, 5.41) is 0. The molecule has 0 aliphatic heterocycles. The molecule has 1 heteroatoms. The highest BCUT2D eigenvalue weighted by Crippen LogP contribution is 2.57. The fourth-order valence-electron chi connectivity index (χ4n) is 10.2. The van der Waals surface area contributed by atoms with Crippen LogP contribution in [0.5, 0.6) is 0 Å². The molecule has 280 valence electrons. The fraction of sp³-hybridized carbons (Fsp3) is 0.0690. The van der Waals surface area contributed by atoms with Crippen LogP contribution in [0.4, 0.5) is 17.1 Å². The number of fused-ring (bicyclic) bond motifs is 6. The molecule has 9 aromatic rings. The van der Waals surface area contributed by atoms with Crippen molar-refractivity contribution in [3.63, 3.8) is 0 Å². The molecule has 0 amide bonds.